The number of aromatic hydroxyl groups is 1. The molecule has 0 saturated carbocycles. The summed E-state index contributed by atoms with van der Waals surface area (Å²) in [7, 11) is -4.07. The molecule has 3 N–H and O–H groups in total. The molecule has 0 fully saturated rings. The van der Waals surface area contributed by atoms with Gasteiger partial charge < -0.3 is 10.4 Å². The largest absolute Gasteiger partial charge is 0.506 e. The van der Waals surface area contributed by atoms with E-state index in [9.17, 15) is 22.7 Å². The Morgan fingerprint density at radius 3 is 2.24 bits per heavy atom. The Bertz CT molecular complexity index is 1450. The van der Waals surface area contributed by atoms with Gasteiger partial charge in [0.2, 0.25) is 0 Å². The molecule has 0 aliphatic carbocycles. The van der Waals surface area contributed by atoms with Crippen LogP contribution in [0.5, 0.6) is 5.75 Å². The van der Waals surface area contributed by atoms with Crippen molar-refractivity contribution in [3.63, 3.8) is 0 Å². The quantitative estimate of drug-likeness (QED) is 0.251. The molecule has 34 heavy (non-hydrogen) atoms. The van der Waals surface area contributed by atoms with Crippen molar-refractivity contribution in [3.8, 4) is 16.9 Å². The van der Waals surface area contributed by atoms with Crippen molar-refractivity contribution >= 4 is 27.3 Å². The Labute approximate surface area is 196 Å². The second-order valence-corrected chi connectivity index (χ2v) is 9.37. The van der Waals surface area contributed by atoms with Gasteiger partial charge in [0.05, 0.1) is 10.6 Å². The number of rotatable bonds is 6. The van der Waals surface area contributed by atoms with E-state index < -0.39 is 21.7 Å². The predicted molar refractivity (Wildman–Crippen MR) is 130 cm³/mol. The molecule has 0 aliphatic heterocycles. The van der Waals surface area contributed by atoms with Gasteiger partial charge in [-0.15, -0.1) is 0 Å². The van der Waals surface area contributed by atoms with E-state index in [2.05, 4.69) is 16.1 Å². The minimum absolute atomic E-state index is 0.128. The van der Waals surface area contributed by atoms with E-state index >= 15 is 0 Å². The second-order valence-electron chi connectivity index (χ2n) is 7.69. The third kappa shape index (κ3) is 5.24. The van der Waals surface area contributed by atoms with E-state index in [0.717, 1.165) is 41.0 Å². The lowest BCUT2D eigenvalue weighted by Crippen LogP contribution is -2.14. The van der Waals surface area contributed by atoms with Crippen LogP contribution in [-0.4, -0.2) is 19.4 Å². The number of sulfonamides is 1. The van der Waals surface area contributed by atoms with Crippen LogP contribution in [-0.2, 0) is 10.0 Å². The van der Waals surface area contributed by atoms with E-state index in [1.807, 2.05) is 37.3 Å². The van der Waals surface area contributed by atoms with Crippen LogP contribution in [0.15, 0.2) is 95.9 Å². The average molecular weight is 477 g/mol. The van der Waals surface area contributed by atoms with Crippen molar-refractivity contribution in [2.75, 3.05) is 10.0 Å². The van der Waals surface area contributed by atoms with Crippen LogP contribution < -0.4 is 10.0 Å². The summed E-state index contributed by atoms with van der Waals surface area (Å²) in [5, 5.41) is 12.8. The van der Waals surface area contributed by atoms with Crippen molar-refractivity contribution in [2.45, 2.75) is 11.8 Å². The number of carbonyl (C=O) groups excluding carboxylic acids is 1. The molecule has 0 bridgehead atoms. The van der Waals surface area contributed by atoms with Gasteiger partial charge in [-0.05, 0) is 72.6 Å². The lowest BCUT2D eigenvalue weighted by atomic mass is 10.0. The first-order valence-corrected chi connectivity index (χ1v) is 11.8. The van der Waals surface area contributed by atoms with E-state index in [1.165, 1.54) is 18.2 Å². The Balaban J connectivity index is 1.50. The molecule has 172 valence electrons. The maximum atomic E-state index is 13.1. The Hall–Kier alpha value is -4.17. The monoisotopic (exact) mass is 476 g/mol. The fraction of sp³-hybridized carbons (Fsp3) is 0.0385. The first-order chi connectivity index (χ1) is 16.2. The highest BCUT2D eigenvalue weighted by Gasteiger charge is 2.17. The summed E-state index contributed by atoms with van der Waals surface area (Å²) < 4.78 is 40.5. The molecule has 0 aliphatic rings. The normalized spacial score (nSPS) is 11.1. The third-order valence-corrected chi connectivity index (χ3v) is 6.50. The second kappa shape index (κ2) is 9.36. The van der Waals surface area contributed by atoms with Gasteiger partial charge in [0.15, 0.2) is 0 Å². The molecular formula is C26H21FN2O4S. The first kappa shape index (κ1) is 23.0. The molecule has 8 heteroatoms. The molecule has 0 unspecified atom stereocenters. The highest BCUT2D eigenvalue weighted by molar-refractivity contribution is 7.92. The predicted octanol–water partition coefficient (Wildman–Crippen LogP) is 5.56. The summed E-state index contributed by atoms with van der Waals surface area (Å²) in [4.78, 5) is 12.5. The van der Waals surface area contributed by atoms with Crippen LogP contribution in [0.4, 0.5) is 15.8 Å². The molecule has 1 amide bonds. The number of hydrogen-bond donors (Lipinski definition) is 3. The molecule has 4 aromatic rings. The summed E-state index contributed by atoms with van der Waals surface area (Å²) in [6.07, 6.45) is 0. The molecule has 0 aromatic heterocycles. The van der Waals surface area contributed by atoms with Crippen molar-refractivity contribution in [3.05, 3.63) is 108 Å². The van der Waals surface area contributed by atoms with E-state index in [-0.39, 0.29) is 22.0 Å². The van der Waals surface area contributed by atoms with E-state index in [4.69, 9.17) is 0 Å². The van der Waals surface area contributed by atoms with Crippen LogP contribution in [0.3, 0.4) is 0 Å². The Kier molecular flexibility index (Phi) is 6.34. The summed E-state index contributed by atoms with van der Waals surface area (Å²) in [5.41, 5.74) is 3.72. The fourth-order valence-corrected chi connectivity index (χ4v) is 4.42. The number of phenols is 1. The molecule has 4 aromatic carbocycles. The maximum absolute atomic E-state index is 13.1. The zero-order valence-corrected chi connectivity index (χ0v) is 18.9. The zero-order valence-electron chi connectivity index (χ0n) is 18.1. The minimum atomic E-state index is -4.07. The van der Waals surface area contributed by atoms with Gasteiger partial charge in [-0.1, -0.05) is 42.0 Å². The molecule has 0 saturated heterocycles. The fourth-order valence-electron chi connectivity index (χ4n) is 3.35. The maximum Gasteiger partial charge on any atom is 0.262 e. The Morgan fingerprint density at radius 1 is 0.853 bits per heavy atom. The summed E-state index contributed by atoms with van der Waals surface area (Å²) in [6.45, 7) is 2.01. The summed E-state index contributed by atoms with van der Waals surface area (Å²) >= 11 is 0. The van der Waals surface area contributed by atoms with Crippen LogP contribution in [0.1, 0.15) is 15.9 Å². The van der Waals surface area contributed by atoms with E-state index in [1.54, 1.807) is 12.1 Å². The van der Waals surface area contributed by atoms with Gasteiger partial charge in [-0.25, -0.2) is 12.8 Å². The number of carbonyl (C=O) groups is 1. The number of amides is 1. The van der Waals surface area contributed by atoms with Crippen LogP contribution in [0, 0.1) is 12.7 Å². The van der Waals surface area contributed by atoms with E-state index in [0.29, 0.717) is 5.56 Å². The number of hydrogen-bond acceptors (Lipinski definition) is 4. The van der Waals surface area contributed by atoms with Crippen LogP contribution in [0.2, 0.25) is 0 Å². The van der Waals surface area contributed by atoms with Gasteiger partial charge >= 0.3 is 0 Å². The third-order valence-electron chi connectivity index (χ3n) is 5.12. The molecular weight excluding hydrogens is 455 g/mol. The highest BCUT2D eigenvalue weighted by Crippen LogP contribution is 2.29. The Morgan fingerprint density at radius 2 is 1.56 bits per heavy atom. The number of phenolic OH excluding ortho intramolecular Hbond substituents is 1. The topological polar surface area (TPSA) is 95.5 Å². The first-order valence-electron chi connectivity index (χ1n) is 10.3. The van der Waals surface area contributed by atoms with Gasteiger partial charge in [0.1, 0.15) is 11.6 Å². The number of aryl methyl sites for hydroxylation is 1. The highest BCUT2D eigenvalue weighted by atomic mass is 32.2. The molecule has 6 nitrogen and oxygen atoms in total. The molecule has 0 atom stereocenters. The van der Waals surface area contributed by atoms with Gasteiger partial charge in [-0.3, -0.25) is 9.52 Å². The minimum Gasteiger partial charge on any atom is -0.506 e. The van der Waals surface area contributed by atoms with Gasteiger partial charge in [-0.2, -0.15) is 0 Å². The van der Waals surface area contributed by atoms with Gasteiger partial charge in [0, 0.05) is 11.3 Å². The van der Waals surface area contributed by atoms with Crippen molar-refractivity contribution in [1.82, 2.24) is 0 Å². The number of anilines is 2. The molecule has 0 radical (unpaired) electrons. The van der Waals surface area contributed by atoms with Crippen molar-refractivity contribution in [1.29, 1.82) is 0 Å². The standard InChI is InChI=1S/C26H21FN2O4S/c1-17-3-2-4-20(15-17)18-5-7-19(8-6-18)26(31)28-22-11-14-25(30)24(16-22)29-34(32,33)23-12-9-21(27)10-13-23/h2-16,29-30H,1H3,(H,28,31). The zero-order chi connectivity index (χ0) is 24.3. The van der Waals surface area contributed by atoms with Crippen molar-refractivity contribution in [2.24, 2.45) is 0 Å². The number of benzene rings is 4. The van der Waals surface area contributed by atoms with Gasteiger partial charge in [0.25, 0.3) is 15.9 Å². The van der Waals surface area contributed by atoms with Crippen LogP contribution in [0.25, 0.3) is 11.1 Å². The average Bonchev–Trinajstić information content (AvgIpc) is 2.81. The van der Waals surface area contributed by atoms with Crippen molar-refractivity contribution < 1.29 is 22.7 Å². The number of nitrogens with one attached hydrogen (secondary N) is 2. The molecule has 4 rings (SSSR count). The van der Waals surface area contributed by atoms with Crippen LogP contribution >= 0.6 is 0 Å². The smallest absolute Gasteiger partial charge is 0.262 e. The SMILES string of the molecule is Cc1cccc(-c2ccc(C(=O)Nc3ccc(O)c(NS(=O)(=O)c4ccc(F)cc4)c3)cc2)c1. The number of halogens is 1. The molecule has 0 heterocycles. The lowest BCUT2D eigenvalue weighted by molar-refractivity contribution is 0.102. The lowest BCUT2D eigenvalue weighted by Gasteiger charge is -2.12. The summed E-state index contributed by atoms with van der Waals surface area (Å²) in [5.74, 6) is -1.29. The summed E-state index contributed by atoms with van der Waals surface area (Å²) in [6, 6.07) is 23.4. The molecule has 0 spiro atoms.